The highest BCUT2D eigenvalue weighted by molar-refractivity contribution is 6.33. The van der Waals surface area contributed by atoms with Crippen molar-refractivity contribution in [2.45, 2.75) is 39.0 Å². The van der Waals surface area contributed by atoms with E-state index in [-0.39, 0.29) is 5.91 Å². The number of amides is 1. The number of hydrogen-bond acceptors (Lipinski definition) is 3. The summed E-state index contributed by atoms with van der Waals surface area (Å²) in [7, 11) is 1.76. The minimum atomic E-state index is -0.170. The summed E-state index contributed by atoms with van der Waals surface area (Å²) in [5.41, 5.74) is 0.787. The van der Waals surface area contributed by atoms with E-state index >= 15 is 0 Å². The maximum absolute atomic E-state index is 12.2. The van der Waals surface area contributed by atoms with Gasteiger partial charge in [0.05, 0.1) is 10.6 Å². The molecule has 0 radical (unpaired) electrons. The summed E-state index contributed by atoms with van der Waals surface area (Å²) in [5, 5.41) is 10.0. The lowest BCUT2D eigenvalue weighted by Gasteiger charge is -2.30. The molecule has 0 unspecified atom stereocenters. The molecule has 0 spiro atoms. The van der Waals surface area contributed by atoms with Crippen LogP contribution in [0, 0.1) is 5.41 Å². The van der Waals surface area contributed by atoms with E-state index in [4.69, 9.17) is 16.3 Å². The Hall–Kier alpha value is -1.79. The molecule has 0 bridgehead atoms. The van der Waals surface area contributed by atoms with Crippen LogP contribution in [-0.4, -0.2) is 51.8 Å². The van der Waals surface area contributed by atoms with Crippen LogP contribution >= 0.6 is 11.6 Å². The van der Waals surface area contributed by atoms with Crippen molar-refractivity contribution in [3.63, 3.8) is 0 Å². The molecule has 6 nitrogen and oxygen atoms in total. The Morgan fingerprint density at radius 3 is 2.57 bits per heavy atom. The summed E-state index contributed by atoms with van der Waals surface area (Å²) in [4.78, 5) is 16.5. The lowest BCUT2D eigenvalue weighted by atomic mass is 9.83. The predicted octanol–water partition coefficient (Wildman–Crippen LogP) is 3.22. The molecule has 1 aromatic carbocycles. The SMILES string of the molecule is CCOCCC1(CNC(=NC)NCCNC(=O)c2ccccc2Cl)CCCC1. The van der Waals surface area contributed by atoms with Gasteiger partial charge >= 0.3 is 0 Å². The first-order valence-corrected chi connectivity index (χ1v) is 10.5. The highest BCUT2D eigenvalue weighted by Gasteiger charge is 2.33. The van der Waals surface area contributed by atoms with Crippen LogP contribution < -0.4 is 16.0 Å². The van der Waals surface area contributed by atoms with Gasteiger partial charge in [-0.15, -0.1) is 0 Å². The molecule has 1 amide bonds. The Kier molecular flexibility index (Phi) is 9.58. The van der Waals surface area contributed by atoms with Gasteiger partial charge in [-0.3, -0.25) is 9.79 Å². The molecule has 7 heteroatoms. The summed E-state index contributed by atoms with van der Waals surface area (Å²) in [6, 6.07) is 7.04. The van der Waals surface area contributed by atoms with Crippen molar-refractivity contribution >= 4 is 23.5 Å². The first-order valence-electron chi connectivity index (χ1n) is 10.2. The number of carbonyl (C=O) groups is 1. The van der Waals surface area contributed by atoms with Gasteiger partial charge in [0.2, 0.25) is 0 Å². The number of benzene rings is 1. The summed E-state index contributed by atoms with van der Waals surface area (Å²) in [5.74, 6) is 0.589. The normalized spacial score (nSPS) is 16.0. The molecule has 1 aliphatic rings. The van der Waals surface area contributed by atoms with Crippen molar-refractivity contribution in [2.24, 2.45) is 10.4 Å². The van der Waals surface area contributed by atoms with Crippen molar-refractivity contribution in [3.05, 3.63) is 34.9 Å². The second-order valence-electron chi connectivity index (χ2n) is 7.24. The zero-order valence-electron chi connectivity index (χ0n) is 17.0. The first kappa shape index (κ1) is 22.5. The van der Waals surface area contributed by atoms with Crippen molar-refractivity contribution < 1.29 is 9.53 Å². The van der Waals surface area contributed by atoms with E-state index in [1.165, 1.54) is 25.7 Å². The molecule has 1 aromatic rings. The molecule has 1 saturated carbocycles. The van der Waals surface area contributed by atoms with Crippen LogP contribution in [0.5, 0.6) is 0 Å². The molecule has 0 heterocycles. The van der Waals surface area contributed by atoms with Gasteiger partial charge in [-0.25, -0.2) is 0 Å². The lowest BCUT2D eigenvalue weighted by molar-refractivity contribution is 0.0954. The molecule has 1 aliphatic carbocycles. The number of carbonyl (C=O) groups excluding carboxylic acids is 1. The number of hydrogen-bond donors (Lipinski definition) is 3. The maximum atomic E-state index is 12.2. The third-order valence-corrected chi connectivity index (χ3v) is 5.65. The quantitative estimate of drug-likeness (QED) is 0.315. The van der Waals surface area contributed by atoms with E-state index in [0.717, 1.165) is 32.1 Å². The fourth-order valence-electron chi connectivity index (χ4n) is 3.66. The van der Waals surface area contributed by atoms with E-state index < -0.39 is 0 Å². The number of nitrogens with zero attached hydrogens (tertiary/aromatic N) is 1. The minimum Gasteiger partial charge on any atom is -0.382 e. The predicted molar refractivity (Wildman–Crippen MR) is 115 cm³/mol. The first-order chi connectivity index (χ1) is 13.6. The highest BCUT2D eigenvalue weighted by atomic mass is 35.5. The number of aliphatic imine (C=N–C) groups is 1. The van der Waals surface area contributed by atoms with E-state index in [1.54, 1.807) is 25.2 Å². The van der Waals surface area contributed by atoms with Crippen LogP contribution in [0.25, 0.3) is 0 Å². The standard InChI is InChI=1S/C21H33ClN4O2/c1-3-28-15-12-21(10-6-7-11-21)16-26-20(23-2)25-14-13-24-19(27)17-8-4-5-9-18(17)22/h4-5,8-9H,3,6-7,10-16H2,1-2H3,(H,24,27)(H2,23,25,26). The number of nitrogens with one attached hydrogen (secondary N) is 3. The molecule has 0 saturated heterocycles. The van der Waals surface area contributed by atoms with Crippen molar-refractivity contribution in [1.82, 2.24) is 16.0 Å². The zero-order chi connectivity index (χ0) is 20.2. The molecule has 0 atom stereocenters. The third-order valence-electron chi connectivity index (χ3n) is 5.32. The smallest absolute Gasteiger partial charge is 0.252 e. The number of ether oxygens (including phenoxy) is 1. The summed E-state index contributed by atoms with van der Waals surface area (Å²) < 4.78 is 5.58. The zero-order valence-corrected chi connectivity index (χ0v) is 17.8. The van der Waals surface area contributed by atoms with Gasteiger partial charge in [-0.05, 0) is 43.7 Å². The van der Waals surface area contributed by atoms with Gasteiger partial charge in [0.15, 0.2) is 5.96 Å². The molecule has 0 aromatic heterocycles. The van der Waals surface area contributed by atoms with Crippen LogP contribution in [-0.2, 0) is 4.74 Å². The van der Waals surface area contributed by atoms with Crippen molar-refractivity contribution in [3.8, 4) is 0 Å². The monoisotopic (exact) mass is 408 g/mol. The van der Waals surface area contributed by atoms with Crippen molar-refractivity contribution in [1.29, 1.82) is 0 Å². The Morgan fingerprint density at radius 1 is 1.18 bits per heavy atom. The third kappa shape index (κ3) is 6.99. The van der Waals surface area contributed by atoms with E-state index in [0.29, 0.717) is 29.1 Å². The van der Waals surface area contributed by atoms with Gasteiger partial charge in [0.1, 0.15) is 0 Å². The Labute approximate surface area is 173 Å². The molecule has 3 N–H and O–H groups in total. The van der Waals surface area contributed by atoms with E-state index in [1.807, 2.05) is 13.0 Å². The number of halogens is 1. The second kappa shape index (κ2) is 11.9. The van der Waals surface area contributed by atoms with E-state index in [2.05, 4.69) is 20.9 Å². The minimum absolute atomic E-state index is 0.170. The average molecular weight is 409 g/mol. The van der Waals surface area contributed by atoms with Gasteiger partial charge in [-0.2, -0.15) is 0 Å². The summed E-state index contributed by atoms with van der Waals surface area (Å²) >= 11 is 6.05. The largest absolute Gasteiger partial charge is 0.382 e. The van der Waals surface area contributed by atoms with Gasteiger partial charge < -0.3 is 20.7 Å². The summed E-state index contributed by atoms with van der Waals surface area (Å²) in [6.45, 7) is 5.59. The number of rotatable bonds is 10. The van der Waals surface area contributed by atoms with Crippen LogP contribution in [0.2, 0.25) is 5.02 Å². The average Bonchev–Trinajstić information content (AvgIpc) is 3.17. The maximum Gasteiger partial charge on any atom is 0.252 e. The Bertz CT molecular complexity index is 645. The molecular formula is C21H33ClN4O2. The molecule has 28 heavy (non-hydrogen) atoms. The fraction of sp³-hybridized carbons (Fsp3) is 0.619. The van der Waals surface area contributed by atoms with Gasteiger partial charge in [0, 0.05) is 39.9 Å². The summed E-state index contributed by atoms with van der Waals surface area (Å²) in [6.07, 6.45) is 6.12. The second-order valence-corrected chi connectivity index (χ2v) is 7.65. The Balaban J connectivity index is 1.72. The van der Waals surface area contributed by atoms with Gasteiger partial charge in [-0.1, -0.05) is 36.6 Å². The molecule has 1 fully saturated rings. The van der Waals surface area contributed by atoms with Crippen LogP contribution in [0.3, 0.4) is 0 Å². The van der Waals surface area contributed by atoms with Crippen LogP contribution in [0.1, 0.15) is 49.4 Å². The molecular weight excluding hydrogens is 376 g/mol. The van der Waals surface area contributed by atoms with Crippen LogP contribution in [0.15, 0.2) is 29.3 Å². The molecule has 2 rings (SSSR count). The molecule has 156 valence electrons. The Morgan fingerprint density at radius 2 is 1.89 bits per heavy atom. The van der Waals surface area contributed by atoms with Gasteiger partial charge in [0.25, 0.3) is 5.91 Å². The fourth-order valence-corrected chi connectivity index (χ4v) is 3.88. The van der Waals surface area contributed by atoms with Crippen molar-refractivity contribution in [2.75, 3.05) is 39.9 Å². The van der Waals surface area contributed by atoms with Crippen LogP contribution in [0.4, 0.5) is 0 Å². The van der Waals surface area contributed by atoms with E-state index in [9.17, 15) is 4.79 Å². The topological polar surface area (TPSA) is 74.8 Å². The molecule has 0 aliphatic heterocycles. The highest BCUT2D eigenvalue weighted by Crippen LogP contribution is 2.40. The number of guanidine groups is 1. The lowest BCUT2D eigenvalue weighted by Crippen LogP contribution is -2.45.